The smallest absolute Gasteiger partial charge is 0.316 e. The van der Waals surface area contributed by atoms with Gasteiger partial charge in [0.05, 0.1) is 0 Å². The van der Waals surface area contributed by atoms with Crippen LogP contribution in [0.1, 0.15) is 19.4 Å². The van der Waals surface area contributed by atoms with Crippen LogP contribution in [0, 0.1) is 6.92 Å². The molecule has 1 aliphatic rings. The van der Waals surface area contributed by atoms with E-state index in [2.05, 4.69) is 0 Å². The van der Waals surface area contributed by atoms with Crippen LogP contribution in [-0.4, -0.2) is 60.2 Å². The van der Waals surface area contributed by atoms with Crippen LogP contribution in [0.2, 0.25) is 0 Å². The quantitative estimate of drug-likeness (QED) is 0.766. The molecule has 1 fully saturated rings. The molecule has 1 aliphatic heterocycles. The number of likely N-dealkylation sites (N-methyl/N-ethyl adjacent to an activating group) is 1. The van der Waals surface area contributed by atoms with Crippen LogP contribution in [0.15, 0.2) is 24.3 Å². The zero-order valence-corrected chi connectivity index (χ0v) is 13.9. The van der Waals surface area contributed by atoms with Crippen LogP contribution in [0.25, 0.3) is 0 Å². The fourth-order valence-electron chi connectivity index (χ4n) is 2.71. The summed E-state index contributed by atoms with van der Waals surface area (Å²) in [6.45, 7) is 7.49. The number of hydrogen-bond donors (Lipinski definition) is 0. The van der Waals surface area contributed by atoms with Gasteiger partial charge in [-0.15, -0.1) is 0 Å². The van der Waals surface area contributed by atoms with Gasteiger partial charge in [0, 0.05) is 45.3 Å². The molecule has 1 heterocycles. The lowest BCUT2D eigenvalue weighted by molar-refractivity contribution is -0.146. The second kappa shape index (κ2) is 7.26. The first kappa shape index (κ1) is 17.0. The van der Waals surface area contributed by atoms with Crippen LogP contribution in [0.5, 0.6) is 0 Å². The molecular formula is C17H23N3O3. The van der Waals surface area contributed by atoms with Crippen LogP contribution in [0.3, 0.4) is 0 Å². The summed E-state index contributed by atoms with van der Waals surface area (Å²) in [4.78, 5) is 41.1. The molecule has 1 aromatic rings. The molecule has 0 aromatic heterocycles. The van der Waals surface area contributed by atoms with E-state index in [-0.39, 0.29) is 5.91 Å². The number of carbonyl (C=O) groups is 3. The normalized spacial score (nSPS) is 14.6. The molecule has 0 unspecified atom stereocenters. The van der Waals surface area contributed by atoms with E-state index in [0.717, 1.165) is 11.3 Å². The first-order valence-electron chi connectivity index (χ1n) is 7.87. The molecule has 6 nitrogen and oxygen atoms in total. The first-order valence-corrected chi connectivity index (χ1v) is 7.87. The molecule has 0 saturated carbocycles. The molecule has 0 atom stereocenters. The highest BCUT2D eigenvalue weighted by atomic mass is 16.2. The summed E-state index contributed by atoms with van der Waals surface area (Å²) in [5.41, 5.74) is 1.77. The summed E-state index contributed by atoms with van der Waals surface area (Å²) >= 11 is 0. The van der Waals surface area contributed by atoms with E-state index in [1.807, 2.05) is 38.1 Å². The fraction of sp³-hybridized carbons (Fsp3) is 0.471. The molecule has 0 bridgehead atoms. The predicted octanol–water partition coefficient (Wildman–Crippen LogP) is 1.04. The van der Waals surface area contributed by atoms with Crippen molar-refractivity contribution in [3.8, 4) is 0 Å². The summed E-state index contributed by atoms with van der Waals surface area (Å²) in [6.07, 6.45) is 0. The van der Waals surface area contributed by atoms with Crippen LogP contribution < -0.4 is 4.90 Å². The number of benzene rings is 1. The Morgan fingerprint density at radius 3 is 2.22 bits per heavy atom. The number of aryl methyl sites for hydroxylation is 1. The Balaban J connectivity index is 2.06. The summed E-state index contributed by atoms with van der Waals surface area (Å²) in [7, 11) is 0. The summed E-state index contributed by atoms with van der Waals surface area (Å²) < 4.78 is 0. The maximum atomic E-state index is 12.6. The Hall–Kier alpha value is -2.37. The number of carbonyl (C=O) groups excluding carboxylic acids is 3. The lowest BCUT2D eigenvalue weighted by Crippen LogP contribution is -2.54. The Kier molecular flexibility index (Phi) is 5.36. The second-order valence-electron chi connectivity index (χ2n) is 5.69. The second-order valence-corrected chi connectivity index (χ2v) is 5.69. The van der Waals surface area contributed by atoms with Gasteiger partial charge in [-0.3, -0.25) is 14.4 Å². The third kappa shape index (κ3) is 3.88. The van der Waals surface area contributed by atoms with Crippen molar-refractivity contribution in [1.29, 1.82) is 0 Å². The third-order valence-corrected chi connectivity index (χ3v) is 4.07. The Labute approximate surface area is 136 Å². The number of hydrogen-bond acceptors (Lipinski definition) is 3. The van der Waals surface area contributed by atoms with Gasteiger partial charge in [0.2, 0.25) is 5.91 Å². The van der Waals surface area contributed by atoms with E-state index in [4.69, 9.17) is 0 Å². The number of piperazine rings is 1. The molecule has 23 heavy (non-hydrogen) atoms. The van der Waals surface area contributed by atoms with E-state index in [0.29, 0.717) is 32.7 Å². The van der Waals surface area contributed by atoms with Crippen molar-refractivity contribution in [2.75, 3.05) is 37.6 Å². The molecule has 124 valence electrons. The lowest BCUT2D eigenvalue weighted by atomic mass is 10.2. The maximum Gasteiger partial charge on any atom is 0.316 e. The van der Waals surface area contributed by atoms with Crippen LogP contribution >= 0.6 is 0 Å². The van der Waals surface area contributed by atoms with Gasteiger partial charge in [-0.25, -0.2) is 0 Å². The minimum atomic E-state index is -0.519. The Morgan fingerprint density at radius 2 is 1.70 bits per heavy atom. The first-order chi connectivity index (χ1) is 10.9. The molecule has 0 radical (unpaired) electrons. The number of anilines is 1. The Bertz CT molecular complexity index is 607. The van der Waals surface area contributed by atoms with Gasteiger partial charge in [0.15, 0.2) is 0 Å². The maximum absolute atomic E-state index is 12.6. The molecule has 0 spiro atoms. The average Bonchev–Trinajstić information content (AvgIpc) is 2.55. The highest BCUT2D eigenvalue weighted by molar-refractivity contribution is 6.40. The van der Waals surface area contributed by atoms with Gasteiger partial charge >= 0.3 is 11.8 Å². The molecule has 0 N–H and O–H groups in total. The number of rotatable bonds is 2. The van der Waals surface area contributed by atoms with Gasteiger partial charge in [-0.1, -0.05) is 12.1 Å². The summed E-state index contributed by atoms with van der Waals surface area (Å²) in [5.74, 6) is -1.02. The predicted molar refractivity (Wildman–Crippen MR) is 88.0 cm³/mol. The van der Waals surface area contributed by atoms with Gasteiger partial charge in [0.1, 0.15) is 0 Å². The highest BCUT2D eigenvalue weighted by Crippen LogP contribution is 2.17. The zero-order chi connectivity index (χ0) is 17.0. The fourth-order valence-corrected chi connectivity index (χ4v) is 2.71. The standard InChI is InChI=1S/C17H23N3O3/c1-4-20(15-7-5-6-13(2)12-15)17(23)16(22)19-10-8-18(9-11-19)14(3)21/h5-7,12H,4,8-11H2,1-3H3. The van der Waals surface area contributed by atoms with Crippen molar-refractivity contribution in [3.05, 3.63) is 29.8 Å². The van der Waals surface area contributed by atoms with E-state index >= 15 is 0 Å². The van der Waals surface area contributed by atoms with Crippen molar-refractivity contribution >= 4 is 23.4 Å². The molecule has 1 saturated heterocycles. The van der Waals surface area contributed by atoms with E-state index in [1.54, 1.807) is 4.90 Å². The minimum Gasteiger partial charge on any atom is -0.339 e. The van der Waals surface area contributed by atoms with Crippen molar-refractivity contribution in [1.82, 2.24) is 9.80 Å². The topological polar surface area (TPSA) is 60.9 Å². The molecular weight excluding hydrogens is 294 g/mol. The van der Waals surface area contributed by atoms with Crippen LogP contribution in [-0.2, 0) is 14.4 Å². The van der Waals surface area contributed by atoms with Gasteiger partial charge in [0.25, 0.3) is 0 Å². The SMILES string of the molecule is CCN(C(=O)C(=O)N1CCN(C(C)=O)CC1)c1cccc(C)c1. The minimum absolute atomic E-state index is 0.00151. The lowest BCUT2D eigenvalue weighted by Gasteiger charge is -2.34. The van der Waals surface area contributed by atoms with E-state index in [9.17, 15) is 14.4 Å². The summed E-state index contributed by atoms with van der Waals surface area (Å²) in [5, 5.41) is 0. The number of nitrogens with zero attached hydrogens (tertiary/aromatic N) is 3. The Morgan fingerprint density at radius 1 is 1.09 bits per heavy atom. The van der Waals surface area contributed by atoms with Gasteiger partial charge in [-0.2, -0.15) is 0 Å². The monoisotopic (exact) mass is 317 g/mol. The van der Waals surface area contributed by atoms with E-state index < -0.39 is 11.8 Å². The molecule has 3 amide bonds. The molecule has 0 aliphatic carbocycles. The molecule has 6 heteroatoms. The van der Waals surface area contributed by atoms with Crippen LogP contribution in [0.4, 0.5) is 5.69 Å². The highest BCUT2D eigenvalue weighted by Gasteiger charge is 2.30. The average molecular weight is 317 g/mol. The van der Waals surface area contributed by atoms with Crippen molar-refractivity contribution < 1.29 is 14.4 Å². The van der Waals surface area contributed by atoms with E-state index in [1.165, 1.54) is 16.7 Å². The number of amides is 3. The molecule has 1 aromatic carbocycles. The van der Waals surface area contributed by atoms with Crippen molar-refractivity contribution in [3.63, 3.8) is 0 Å². The summed E-state index contributed by atoms with van der Waals surface area (Å²) in [6, 6.07) is 7.54. The van der Waals surface area contributed by atoms with Crippen molar-refractivity contribution in [2.45, 2.75) is 20.8 Å². The largest absolute Gasteiger partial charge is 0.339 e. The van der Waals surface area contributed by atoms with Gasteiger partial charge in [-0.05, 0) is 31.5 Å². The molecule has 2 rings (SSSR count). The zero-order valence-electron chi connectivity index (χ0n) is 13.9. The van der Waals surface area contributed by atoms with Gasteiger partial charge < -0.3 is 14.7 Å². The third-order valence-electron chi connectivity index (χ3n) is 4.07. The van der Waals surface area contributed by atoms with Crippen molar-refractivity contribution in [2.24, 2.45) is 0 Å².